The number of nitrogens with one attached hydrogen (secondary N) is 1. The van der Waals surface area contributed by atoms with Crippen LogP contribution in [0.4, 0.5) is 4.79 Å². The lowest BCUT2D eigenvalue weighted by Gasteiger charge is -2.38. The number of hydrogen-bond acceptors (Lipinski definition) is 3. The Morgan fingerprint density at radius 1 is 1.16 bits per heavy atom. The molecule has 1 N–H and O–H groups in total. The number of amides is 3. The molecule has 3 rings (SSSR count). The van der Waals surface area contributed by atoms with Gasteiger partial charge in [0, 0.05) is 19.6 Å². The van der Waals surface area contributed by atoms with Crippen LogP contribution >= 0.6 is 23.2 Å². The fourth-order valence-electron chi connectivity index (χ4n) is 3.61. The summed E-state index contributed by atoms with van der Waals surface area (Å²) in [6.45, 7) is 7.25. The molecule has 5 nitrogen and oxygen atoms in total. The number of carbonyl (C=O) groups excluding carboxylic acids is 2. The molecular formula is C18H23Cl2N3O2. The molecule has 0 saturated carbocycles. The number of imide groups is 1. The van der Waals surface area contributed by atoms with Gasteiger partial charge in [0.15, 0.2) is 0 Å². The number of carbonyl (C=O) groups is 2. The third-order valence-corrected chi connectivity index (χ3v) is 5.64. The maximum Gasteiger partial charge on any atom is 0.325 e. The maximum atomic E-state index is 12.9. The highest BCUT2D eigenvalue weighted by Crippen LogP contribution is 2.31. The van der Waals surface area contributed by atoms with Gasteiger partial charge in [-0.3, -0.25) is 9.69 Å². The topological polar surface area (TPSA) is 52.7 Å². The predicted octanol–water partition coefficient (Wildman–Crippen LogP) is 3.54. The minimum Gasteiger partial charge on any atom is -0.323 e. The standard InChI is InChI=1S/C18H23Cl2N3O2/c1-12(2)10-22-7-5-18(6-8-22)16(24)23(17(25)21-18)11-13-3-4-14(19)15(20)9-13/h3-4,9,12H,5-8,10-11H2,1-2H3,(H,21,25). The highest BCUT2D eigenvalue weighted by molar-refractivity contribution is 6.42. The predicted molar refractivity (Wildman–Crippen MR) is 98.8 cm³/mol. The van der Waals surface area contributed by atoms with E-state index in [4.69, 9.17) is 23.2 Å². The third kappa shape index (κ3) is 3.78. The van der Waals surface area contributed by atoms with Gasteiger partial charge in [0.25, 0.3) is 5.91 Å². The zero-order valence-electron chi connectivity index (χ0n) is 14.5. The first-order valence-corrected chi connectivity index (χ1v) is 9.37. The van der Waals surface area contributed by atoms with Crippen molar-refractivity contribution >= 4 is 35.1 Å². The van der Waals surface area contributed by atoms with Gasteiger partial charge in [0.2, 0.25) is 0 Å². The average molecular weight is 384 g/mol. The van der Waals surface area contributed by atoms with E-state index in [0.29, 0.717) is 28.8 Å². The van der Waals surface area contributed by atoms with Crippen molar-refractivity contribution in [3.8, 4) is 0 Å². The summed E-state index contributed by atoms with van der Waals surface area (Å²) < 4.78 is 0. The summed E-state index contributed by atoms with van der Waals surface area (Å²) in [6.07, 6.45) is 1.31. The zero-order chi connectivity index (χ0) is 18.2. The Morgan fingerprint density at radius 2 is 1.84 bits per heavy atom. The largest absolute Gasteiger partial charge is 0.325 e. The van der Waals surface area contributed by atoms with Gasteiger partial charge in [-0.15, -0.1) is 0 Å². The zero-order valence-corrected chi connectivity index (χ0v) is 16.0. The Hall–Kier alpha value is -1.30. The van der Waals surface area contributed by atoms with Gasteiger partial charge in [-0.2, -0.15) is 0 Å². The number of nitrogens with zero attached hydrogens (tertiary/aromatic N) is 2. The van der Waals surface area contributed by atoms with Gasteiger partial charge in [-0.25, -0.2) is 4.79 Å². The molecule has 2 heterocycles. The SMILES string of the molecule is CC(C)CN1CCC2(CC1)NC(=O)N(Cc1ccc(Cl)c(Cl)c1)C2=O. The molecule has 1 aromatic rings. The van der Waals surface area contributed by atoms with Crippen LogP contribution in [-0.4, -0.2) is 46.9 Å². The van der Waals surface area contributed by atoms with E-state index in [1.54, 1.807) is 18.2 Å². The molecule has 1 aromatic carbocycles. The summed E-state index contributed by atoms with van der Waals surface area (Å²) in [5.41, 5.74) is 0.0352. The van der Waals surface area contributed by atoms with Crippen LogP contribution in [0.1, 0.15) is 32.3 Å². The van der Waals surface area contributed by atoms with Gasteiger partial charge in [-0.1, -0.05) is 43.1 Å². The molecule has 2 aliphatic rings. The van der Waals surface area contributed by atoms with Gasteiger partial charge in [0.1, 0.15) is 5.54 Å². The quantitative estimate of drug-likeness (QED) is 0.808. The summed E-state index contributed by atoms with van der Waals surface area (Å²) in [6, 6.07) is 4.83. The molecule has 2 fully saturated rings. The first kappa shape index (κ1) is 18.5. The molecule has 1 spiro atoms. The van der Waals surface area contributed by atoms with Crippen molar-refractivity contribution in [2.45, 2.75) is 38.8 Å². The second kappa shape index (κ2) is 7.14. The van der Waals surface area contributed by atoms with Crippen LogP contribution < -0.4 is 5.32 Å². The van der Waals surface area contributed by atoms with E-state index in [2.05, 4.69) is 24.1 Å². The monoisotopic (exact) mass is 383 g/mol. The molecule has 0 aromatic heterocycles. The minimum absolute atomic E-state index is 0.132. The Labute approximate surface area is 158 Å². The van der Waals surface area contributed by atoms with E-state index in [-0.39, 0.29) is 18.5 Å². The van der Waals surface area contributed by atoms with Crippen LogP contribution in [0.25, 0.3) is 0 Å². The molecule has 0 atom stereocenters. The number of hydrogen-bond donors (Lipinski definition) is 1. The first-order valence-electron chi connectivity index (χ1n) is 8.61. The van der Waals surface area contributed by atoms with Gasteiger partial charge >= 0.3 is 6.03 Å². The number of benzene rings is 1. The molecule has 2 saturated heterocycles. The van der Waals surface area contributed by atoms with E-state index in [1.807, 2.05) is 0 Å². The number of rotatable bonds is 4. The van der Waals surface area contributed by atoms with Gasteiger partial charge in [-0.05, 0) is 36.5 Å². The van der Waals surface area contributed by atoms with Crippen LogP contribution in [0, 0.1) is 5.92 Å². The van der Waals surface area contributed by atoms with Crippen molar-refractivity contribution in [3.63, 3.8) is 0 Å². The average Bonchev–Trinajstić information content (AvgIpc) is 2.77. The lowest BCUT2D eigenvalue weighted by Crippen LogP contribution is -2.55. The fraction of sp³-hybridized carbons (Fsp3) is 0.556. The van der Waals surface area contributed by atoms with Crippen molar-refractivity contribution in [1.29, 1.82) is 0 Å². The van der Waals surface area contributed by atoms with Crippen LogP contribution in [0.15, 0.2) is 18.2 Å². The Kier molecular flexibility index (Phi) is 5.28. The number of likely N-dealkylation sites (tertiary alicyclic amines) is 1. The third-order valence-electron chi connectivity index (χ3n) is 4.90. The molecule has 7 heteroatoms. The number of piperidine rings is 1. The summed E-state index contributed by atoms with van der Waals surface area (Å²) in [5, 5.41) is 3.82. The van der Waals surface area contributed by atoms with Crippen LogP contribution in [0.5, 0.6) is 0 Å². The fourth-order valence-corrected chi connectivity index (χ4v) is 3.93. The molecule has 0 radical (unpaired) electrons. The molecule has 2 aliphatic heterocycles. The second-order valence-electron chi connectivity index (χ2n) is 7.35. The summed E-state index contributed by atoms with van der Waals surface area (Å²) in [5.74, 6) is 0.460. The molecule has 0 aliphatic carbocycles. The van der Waals surface area contributed by atoms with E-state index in [1.165, 1.54) is 4.90 Å². The van der Waals surface area contributed by atoms with E-state index in [0.717, 1.165) is 25.2 Å². The van der Waals surface area contributed by atoms with E-state index in [9.17, 15) is 9.59 Å². The van der Waals surface area contributed by atoms with Crippen LogP contribution in [0.2, 0.25) is 10.0 Å². The molecular weight excluding hydrogens is 361 g/mol. The molecule has 25 heavy (non-hydrogen) atoms. The highest BCUT2D eigenvalue weighted by atomic mass is 35.5. The Bertz CT molecular complexity index is 685. The van der Waals surface area contributed by atoms with Gasteiger partial charge in [0.05, 0.1) is 16.6 Å². The summed E-state index contributed by atoms with van der Waals surface area (Å²) in [4.78, 5) is 29.0. The van der Waals surface area contributed by atoms with Crippen LogP contribution in [-0.2, 0) is 11.3 Å². The van der Waals surface area contributed by atoms with Crippen LogP contribution in [0.3, 0.4) is 0 Å². The summed E-state index contributed by atoms with van der Waals surface area (Å²) >= 11 is 12.0. The lowest BCUT2D eigenvalue weighted by molar-refractivity contribution is -0.133. The second-order valence-corrected chi connectivity index (χ2v) is 8.16. The minimum atomic E-state index is -0.749. The molecule has 0 unspecified atom stereocenters. The van der Waals surface area contributed by atoms with Crippen molar-refractivity contribution in [2.75, 3.05) is 19.6 Å². The maximum absolute atomic E-state index is 12.9. The Morgan fingerprint density at radius 3 is 2.44 bits per heavy atom. The first-order chi connectivity index (χ1) is 11.8. The molecule has 0 bridgehead atoms. The normalized spacial score (nSPS) is 20.6. The highest BCUT2D eigenvalue weighted by Gasteiger charge is 2.52. The smallest absolute Gasteiger partial charge is 0.323 e. The van der Waals surface area contributed by atoms with E-state index < -0.39 is 5.54 Å². The summed E-state index contributed by atoms with van der Waals surface area (Å²) in [7, 11) is 0. The number of urea groups is 1. The van der Waals surface area contributed by atoms with E-state index >= 15 is 0 Å². The van der Waals surface area contributed by atoms with Gasteiger partial charge < -0.3 is 10.2 Å². The molecule has 3 amide bonds. The van der Waals surface area contributed by atoms with Crippen molar-refractivity contribution in [3.05, 3.63) is 33.8 Å². The molecule has 136 valence electrons. The number of halogens is 2. The van der Waals surface area contributed by atoms with Crippen molar-refractivity contribution in [1.82, 2.24) is 15.1 Å². The lowest BCUT2D eigenvalue weighted by atomic mass is 9.87. The van der Waals surface area contributed by atoms with Crippen molar-refractivity contribution in [2.24, 2.45) is 5.92 Å². The Balaban J connectivity index is 1.69. The van der Waals surface area contributed by atoms with Crippen molar-refractivity contribution < 1.29 is 9.59 Å².